The zero-order chi connectivity index (χ0) is 23.3. The number of nitrogens with zero attached hydrogens (tertiary/aromatic N) is 3. The Bertz CT molecular complexity index is 1160. The van der Waals surface area contributed by atoms with Gasteiger partial charge in [0.25, 0.3) is 0 Å². The normalized spacial score (nSPS) is 11.4. The minimum atomic E-state index is 0.147. The standard InChI is InChI=1S/C27H29N3O2S/c1-27(2,3)21-12-10-20(11-13-21)19-33-26-29-28-25(18-32-24-8-6-5-7-9-24)30(26)22-14-16-23(31-4)17-15-22/h5-17H,18-19H2,1-4H3. The summed E-state index contributed by atoms with van der Waals surface area (Å²) in [5.41, 5.74) is 3.70. The average Bonchev–Trinajstić information content (AvgIpc) is 3.24. The summed E-state index contributed by atoms with van der Waals surface area (Å²) in [6, 6.07) is 26.5. The Labute approximate surface area is 199 Å². The van der Waals surface area contributed by atoms with Gasteiger partial charge < -0.3 is 9.47 Å². The van der Waals surface area contributed by atoms with E-state index >= 15 is 0 Å². The molecule has 0 spiro atoms. The molecule has 0 fully saturated rings. The fourth-order valence-electron chi connectivity index (χ4n) is 3.39. The number of methoxy groups -OCH3 is 1. The first-order valence-corrected chi connectivity index (χ1v) is 11.9. The molecule has 0 aliphatic rings. The largest absolute Gasteiger partial charge is 0.497 e. The second-order valence-corrected chi connectivity index (χ2v) is 9.71. The number of benzene rings is 3. The molecule has 1 heterocycles. The van der Waals surface area contributed by atoms with Crippen LogP contribution >= 0.6 is 11.8 Å². The lowest BCUT2D eigenvalue weighted by atomic mass is 9.87. The van der Waals surface area contributed by atoms with E-state index in [-0.39, 0.29) is 5.41 Å². The second kappa shape index (κ2) is 10.1. The quantitative estimate of drug-likeness (QED) is 0.284. The van der Waals surface area contributed by atoms with Crippen LogP contribution in [0.3, 0.4) is 0 Å². The van der Waals surface area contributed by atoms with Gasteiger partial charge in [-0.05, 0) is 52.9 Å². The van der Waals surface area contributed by atoms with Crippen molar-refractivity contribution in [3.05, 3.63) is 95.8 Å². The average molecular weight is 460 g/mol. The number of ether oxygens (including phenoxy) is 2. The van der Waals surface area contributed by atoms with Crippen molar-refractivity contribution in [3.8, 4) is 17.2 Å². The SMILES string of the molecule is COc1ccc(-n2c(COc3ccccc3)nnc2SCc2ccc(C(C)(C)C)cc2)cc1. The molecule has 0 aliphatic heterocycles. The lowest BCUT2D eigenvalue weighted by molar-refractivity contribution is 0.293. The van der Waals surface area contributed by atoms with Crippen molar-refractivity contribution < 1.29 is 9.47 Å². The van der Waals surface area contributed by atoms with Gasteiger partial charge in [-0.15, -0.1) is 10.2 Å². The molecule has 5 nitrogen and oxygen atoms in total. The molecule has 3 aromatic carbocycles. The molecule has 0 unspecified atom stereocenters. The zero-order valence-corrected chi connectivity index (χ0v) is 20.3. The van der Waals surface area contributed by atoms with Gasteiger partial charge in [0.1, 0.15) is 18.1 Å². The molecule has 0 N–H and O–H groups in total. The summed E-state index contributed by atoms with van der Waals surface area (Å²) in [7, 11) is 1.67. The van der Waals surface area contributed by atoms with Gasteiger partial charge in [-0.3, -0.25) is 4.57 Å². The first-order chi connectivity index (χ1) is 15.9. The van der Waals surface area contributed by atoms with Crippen LogP contribution < -0.4 is 9.47 Å². The van der Waals surface area contributed by atoms with Crippen LogP contribution in [0.15, 0.2) is 84.0 Å². The van der Waals surface area contributed by atoms with Gasteiger partial charge in [-0.25, -0.2) is 0 Å². The highest BCUT2D eigenvalue weighted by Crippen LogP contribution is 2.28. The van der Waals surface area contributed by atoms with Crippen molar-refractivity contribution in [3.63, 3.8) is 0 Å². The maximum absolute atomic E-state index is 5.96. The van der Waals surface area contributed by atoms with Crippen LogP contribution in [0.25, 0.3) is 5.69 Å². The Hall–Kier alpha value is -3.25. The van der Waals surface area contributed by atoms with Gasteiger partial charge in [0.2, 0.25) is 0 Å². The third-order valence-electron chi connectivity index (χ3n) is 5.33. The van der Waals surface area contributed by atoms with Gasteiger partial charge in [-0.2, -0.15) is 0 Å². The molecule has 0 atom stereocenters. The maximum atomic E-state index is 5.96. The van der Waals surface area contributed by atoms with Crippen molar-refractivity contribution >= 4 is 11.8 Å². The Kier molecular flexibility index (Phi) is 7.04. The minimum absolute atomic E-state index is 0.147. The molecule has 0 aliphatic carbocycles. The van der Waals surface area contributed by atoms with E-state index in [9.17, 15) is 0 Å². The monoisotopic (exact) mass is 459 g/mol. The van der Waals surface area contributed by atoms with Gasteiger partial charge >= 0.3 is 0 Å². The minimum Gasteiger partial charge on any atom is -0.497 e. The third-order valence-corrected chi connectivity index (χ3v) is 6.33. The van der Waals surface area contributed by atoms with E-state index in [2.05, 4.69) is 59.8 Å². The molecule has 6 heteroatoms. The van der Waals surface area contributed by atoms with E-state index in [0.717, 1.165) is 33.9 Å². The molecule has 33 heavy (non-hydrogen) atoms. The summed E-state index contributed by atoms with van der Waals surface area (Å²) < 4.78 is 13.3. The molecular weight excluding hydrogens is 430 g/mol. The van der Waals surface area contributed by atoms with Crippen molar-refractivity contribution in [2.24, 2.45) is 0 Å². The fourth-order valence-corrected chi connectivity index (χ4v) is 4.32. The van der Waals surface area contributed by atoms with E-state index < -0.39 is 0 Å². The Morgan fingerprint density at radius 1 is 0.818 bits per heavy atom. The topological polar surface area (TPSA) is 49.2 Å². The molecular formula is C27H29N3O2S. The maximum Gasteiger partial charge on any atom is 0.196 e. The molecule has 0 saturated carbocycles. The van der Waals surface area contributed by atoms with Crippen molar-refractivity contribution in [1.82, 2.24) is 14.8 Å². The number of hydrogen-bond acceptors (Lipinski definition) is 5. The number of aromatic nitrogens is 3. The van der Waals surface area contributed by atoms with Crippen LogP contribution in [0.2, 0.25) is 0 Å². The molecule has 0 radical (unpaired) electrons. The van der Waals surface area contributed by atoms with E-state index in [0.29, 0.717) is 6.61 Å². The zero-order valence-electron chi connectivity index (χ0n) is 19.5. The molecule has 1 aromatic heterocycles. The van der Waals surface area contributed by atoms with E-state index in [1.807, 2.05) is 54.6 Å². The van der Waals surface area contributed by atoms with Gasteiger partial charge in [-0.1, -0.05) is 75.0 Å². The summed E-state index contributed by atoms with van der Waals surface area (Å²) in [6.07, 6.45) is 0. The van der Waals surface area contributed by atoms with Crippen LogP contribution in [-0.2, 0) is 17.8 Å². The van der Waals surface area contributed by atoms with Crippen molar-refractivity contribution in [2.45, 2.75) is 43.7 Å². The van der Waals surface area contributed by atoms with Gasteiger partial charge in [0.05, 0.1) is 7.11 Å². The van der Waals surface area contributed by atoms with Crippen molar-refractivity contribution in [2.75, 3.05) is 7.11 Å². The van der Waals surface area contributed by atoms with Crippen LogP contribution in [-0.4, -0.2) is 21.9 Å². The van der Waals surface area contributed by atoms with E-state index in [1.54, 1.807) is 18.9 Å². The summed E-state index contributed by atoms with van der Waals surface area (Å²) in [5.74, 6) is 3.16. The predicted molar refractivity (Wildman–Crippen MR) is 133 cm³/mol. The molecule has 0 bridgehead atoms. The van der Waals surface area contributed by atoms with Crippen LogP contribution in [0.4, 0.5) is 0 Å². The van der Waals surface area contributed by atoms with Crippen LogP contribution in [0, 0.1) is 0 Å². The Morgan fingerprint density at radius 2 is 1.52 bits per heavy atom. The van der Waals surface area contributed by atoms with Gasteiger partial charge in [0, 0.05) is 11.4 Å². The molecule has 0 amide bonds. The summed E-state index contributed by atoms with van der Waals surface area (Å²) in [4.78, 5) is 0. The number of rotatable bonds is 8. The third kappa shape index (κ3) is 5.76. The number of para-hydroxylation sites is 1. The fraction of sp³-hybridized carbons (Fsp3) is 0.259. The summed E-state index contributed by atoms with van der Waals surface area (Å²) >= 11 is 1.66. The number of hydrogen-bond donors (Lipinski definition) is 0. The van der Waals surface area contributed by atoms with Gasteiger partial charge in [0.15, 0.2) is 11.0 Å². The van der Waals surface area contributed by atoms with Crippen LogP contribution in [0.5, 0.6) is 11.5 Å². The lowest BCUT2D eigenvalue weighted by Crippen LogP contribution is -2.10. The summed E-state index contributed by atoms with van der Waals surface area (Å²) in [5, 5.41) is 9.75. The molecule has 0 saturated heterocycles. The smallest absolute Gasteiger partial charge is 0.196 e. The number of thioether (sulfide) groups is 1. The Morgan fingerprint density at radius 3 is 2.15 bits per heavy atom. The highest BCUT2D eigenvalue weighted by Gasteiger charge is 2.17. The highest BCUT2D eigenvalue weighted by atomic mass is 32.2. The second-order valence-electron chi connectivity index (χ2n) is 8.77. The Balaban J connectivity index is 1.56. The summed E-state index contributed by atoms with van der Waals surface area (Å²) in [6.45, 7) is 7.01. The molecule has 4 rings (SSSR count). The lowest BCUT2D eigenvalue weighted by Gasteiger charge is -2.19. The van der Waals surface area contributed by atoms with E-state index in [1.165, 1.54) is 11.1 Å². The van der Waals surface area contributed by atoms with E-state index in [4.69, 9.17) is 9.47 Å². The molecule has 4 aromatic rings. The van der Waals surface area contributed by atoms with Crippen LogP contribution in [0.1, 0.15) is 37.7 Å². The van der Waals surface area contributed by atoms with Crippen molar-refractivity contribution in [1.29, 1.82) is 0 Å². The predicted octanol–water partition coefficient (Wildman–Crippen LogP) is 6.44. The highest BCUT2D eigenvalue weighted by molar-refractivity contribution is 7.98. The first kappa shape index (κ1) is 22.9. The first-order valence-electron chi connectivity index (χ1n) is 10.9. The molecule has 170 valence electrons.